The van der Waals surface area contributed by atoms with E-state index in [0.29, 0.717) is 0 Å². The SMILES string of the molecule is CC(C)n1cnc(OC(F)F)n1. The van der Waals surface area contributed by atoms with E-state index in [1.165, 1.54) is 11.0 Å². The molecule has 0 aliphatic heterocycles. The van der Waals surface area contributed by atoms with E-state index in [9.17, 15) is 8.78 Å². The van der Waals surface area contributed by atoms with Gasteiger partial charge in [-0.1, -0.05) is 0 Å². The molecule has 0 unspecified atom stereocenters. The summed E-state index contributed by atoms with van der Waals surface area (Å²) in [6.45, 7) is 0.856. The largest absolute Gasteiger partial charge is 0.400 e. The molecule has 0 aliphatic rings. The van der Waals surface area contributed by atoms with Crippen molar-refractivity contribution in [3.8, 4) is 6.01 Å². The summed E-state index contributed by atoms with van der Waals surface area (Å²) in [5.74, 6) is 0. The van der Waals surface area contributed by atoms with Gasteiger partial charge < -0.3 is 4.74 Å². The molecule has 1 aromatic rings. The Hall–Kier alpha value is -1.20. The molecular formula is C6H9F2N3O. The van der Waals surface area contributed by atoms with Crippen molar-refractivity contribution in [2.75, 3.05) is 0 Å². The first kappa shape index (κ1) is 8.89. The Balaban J connectivity index is 2.64. The Morgan fingerprint density at radius 1 is 1.50 bits per heavy atom. The lowest BCUT2D eigenvalue weighted by molar-refractivity contribution is -0.0561. The van der Waals surface area contributed by atoms with Crippen molar-refractivity contribution in [1.29, 1.82) is 0 Å². The fourth-order valence-electron chi connectivity index (χ4n) is 0.641. The summed E-state index contributed by atoms with van der Waals surface area (Å²) >= 11 is 0. The highest BCUT2D eigenvalue weighted by atomic mass is 19.3. The molecule has 6 heteroatoms. The fraction of sp³-hybridized carbons (Fsp3) is 0.667. The van der Waals surface area contributed by atoms with E-state index in [1.807, 2.05) is 13.8 Å². The Kier molecular flexibility index (Phi) is 2.57. The van der Waals surface area contributed by atoms with Gasteiger partial charge in [0.15, 0.2) is 0 Å². The van der Waals surface area contributed by atoms with Gasteiger partial charge in [-0.3, -0.25) is 0 Å². The van der Waals surface area contributed by atoms with Gasteiger partial charge in [0.05, 0.1) is 0 Å². The predicted octanol–water partition coefficient (Wildman–Crippen LogP) is 1.46. The van der Waals surface area contributed by atoms with Gasteiger partial charge in [-0.2, -0.15) is 13.8 Å². The van der Waals surface area contributed by atoms with E-state index in [4.69, 9.17) is 0 Å². The van der Waals surface area contributed by atoms with E-state index in [2.05, 4.69) is 14.8 Å². The van der Waals surface area contributed by atoms with Crippen molar-refractivity contribution in [3.05, 3.63) is 6.33 Å². The number of nitrogens with zero attached hydrogens (tertiary/aromatic N) is 3. The van der Waals surface area contributed by atoms with Crippen LogP contribution in [0.2, 0.25) is 0 Å². The Bertz CT molecular complexity index is 249. The number of aromatic nitrogens is 3. The summed E-state index contributed by atoms with van der Waals surface area (Å²) in [6.07, 6.45) is 1.35. The number of rotatable bonds is 3. The summed E-state index contributed by atoms with van der Waals surface area (Å²) < 4.78 is 28.6. The first-order valence-corrected chi connectivity index (χ1v) is 3.45. The van der Waals surface area contributed by atoms with Crippen LogP contribution in [0.3, 0.4) is 0 Å². The zero-order valence-electron chi connectivity index (χ0n) is 6.74. The van der Waals surface area contributed by atoms with E-state index in [0.717, 1.165) is 0 Å². The third-order valence-electron chi connectivity index (χ3n) is 1.21. The van der Waals surface area contributed by atoms with Crippen LogP contribution in [0.15, 0.2) is 6.33 Å². The van der Waals surface area contributed by atoms with Crippen molar-refractivity contribution in [2.45, 2.75) is 26.5 Å². The minimum Gasteiger partial charge on any atom is -0.400 e. The topological polar surface area (TPSA) is 39.9 Å². The molecule has 0 radical (unpaired) electrons. The van der Waals surface area contributed by atoms with Crippen molar-refractivity contribution < 1.29 is 13.5 Å². The summed E-state index contributed by atoms with van der Waals surface area (Å²) in [4.78, 5) is 3.53. The van der Waals surface area contributed by atoms with Gasteiger partial charge in [-0.25, -0.2) is 4.68 Å². The van der Waals surface area contributed by atoms with Gasteiger partial charge >= 0.3 is 12.6 Å². The van der Waals surface area contributed by atoms with Crippen molar-refractivity contribution >= 4 is 0 Å². The molecule has 0 atom stereocenters. The molecule has 12 heavy (non-hydrogen) atoms. The molecule has 0 fully saturated rings. The van der Waals surface area contributed by atoms with Crippen LogP contribution >= 0.6 is 0 Å². The standard InChI is InChI=1S/C6H9F2N3O/c1-4(2)11-3-9-6(10-11)12-5(7)8/h3-5H,1-2H3. The first-order chi connectivity index (χ1) is 5.59. The van der Waals surface area contributed by atoms with Gasteiger partial charge in [0.1, 0.15) is 6.33 Å². The normalized spacial score (nSPS) is 11.2. The molecule has 1 aromatic heterocycles. The number of halogens is 2. The molecule has 1 rings (SSSR count). The zero-order valence-corrected chi connectivity index (χ0v) is 6.74. The predicted molar refractivity (Wildman–Crippen MR) is 37.0 cm³/mol. The van der Waals surface area contributed by atoms with Crippen LogP contribution in [-0.4, -0.2) is 21.4 Å². The van der Waals surface area contributed by atoms with Crippen LogP contribution < -0.4 is 4.74 Å². The number of hydrogen-bond acceptors (Lipinski definition) is 3. The Morgan fingerprint density at radius 2 is 2.17 bits per heavy atom. The maximum absolute atomic E-state index is 11.6. The van der Waals surface area contributed by atoms with E-state index in [1.54, 1.807) is 0 Å². The minimum absolute atomic E-state index is 0.0903. The number of alkyl halides is 2. The van der Waals surface area contributed by atoms with Crippen LogP contribution in [0, 0.1) is 0 Å². The molecule has 1 heterocycles. The molecule has 0 aliphatic carbocycles. The zero-order chi connectivity index (χ0) is 9.14. The second-order valence-electron chi connectivity index (χ2n) is 2.48. The van der Waals surface area contributed by atoms with Crippen LogP contribution in [0.4, 0.5) is 8.78 Å². The quantitative estimate of drug-likeness (QED) is 0.701. The second kappa shape index (κ2) is 3.46. The summed E-state index contributed by atoms with van der Waals surface area (Å²) in [5.41, 5.74) is 0. The number of ether oxygens (including phenoxy) is 1. The summed E-state index contributed by atoms with van der Waals surface area (Å²) in [6, 6.07) is -0.203. The van der Waals surface area contributed by atoms with Gasteiger partial charge in [0, 0.05) is 6.04 Å². The van der Waals surface area contributed by atoms with Crippen LogP contribution in [0.1, 0.15) is 19.9 Å². The van der Waals surface area contributed by atoms with Crippen LogP contribution in [-0.2, 0) is 0 Å². The average Bonchev–Trinajstić information content (AvgIpc) is 2.34. The van der Waals surface area contributed by atoms with E-state index in [-0.39, 0.29) is 12.1 Å². The van der Waals surface area contributed by atoms with Crippen molar-refractivity contribution in [2.24, 2.45) is 0 Å². The van der Waals surface area contributed by atoms with Gasteiger partial charge in [-0.15, -0.1) is 5.10 Å². The van der Waals surface area contributed by atoms with Gasteiger partial charge in [-0.05, 0) is 13.8 Å². The molecule has 0 aromatic carbocycles. The van der Waals surface area contributed by atoms with E-state index < -0.39 is 6.61 Å². The smallest absolute Gasteiger partial charge is 0.389 e. The highest BCUT2D eigenvalue weighted by Crippen LogP contribution is 2.08. The molecule has 0 spiro atoms. The third-order valence-corrected chi connectivity index (χ3v) is 1.21. The lowest BCUT2D eigenvalue weighted by atomic mass is 10.4. The lowest BCUT2D eigenvalue weighted by Gasteiger charge is -2.01. The van der Waals surface area contributed by atoms with Crippen LogP contribution in [0.5, 0.6) is 6.01 Å². The molecule has 0 saturated carbocycles. The maximum Gasteiger partial charge on any atom is 0.389 e. The highest BCUT2D eigenvalue weighted by molar-refractivity contribution is 4.87. The molecule has 4 nitrogen and oxygen atoms in total. The molecule has 68 valence electrons. The maximum atomic E-state index is 11.6. The monoisotopic (exact) mass is 177 g/mol. The molecule has 0 amide bonds. The molecule has 0 saturated heterocycles. The van der Waals surface area contributed by atoms with Gasteiger partial charge in [0.25, 0.3) is 0 Å². The average molecular weight is 177 g/mol. The summed E-state index contributed by atoms with van der Waals surface area (Å²) in [5, 5.41) is 3.65. The van der Waals surface area contributed by atoms with Crippen molar-refractivity contribution in [3.63, 3.8) is 0 Å². The molecular weight excluding hydrogens is 168 g/mol. The highest BCUT2D eigenvalue weighted by Gasteiger charge is 2.09. The Morgan fingerprint density at radius 3 is 2.58 bits per heavy atom. The number of hydrogen-bond donors (Lipinski definition) is 0. The van der Waals surface area contributed by atoms with Gasteiger partial charge in [0.2, 0.25) is 0 Å². The third kappa shape index (κ3) is 2.14. The van der Waals surface area contributed by atoms with Crippen molar-refractivity contribution in [1.82, 2.24) is 14.8 Å². The van der Waals surface area contributed by atoms with E-state index >= 15 is 0 Å². The first-order valence-electron chi connectivity index (χ1n) is 3.45. The molecule has 0 N–H and O–H groups in total. The second-order valence-corrected chi connectivity index (χ2v) is 2.48. The lowest BCUT2D eigenvalue weighted by Crippen LogP contribution is -2.05. The minimum atomic E-state index is -2.87. The summed E-state index contributed by atoms with van der Waals surface area (Å²) in [7, 11) is 0. The van der Waals surface area contributed by atoms with Crippen LogP contribution in [0.25, 0.3) is 0 Å². The fourth-order valence-corrected chi connectivity index (χ4v) is 0.641. The molecule has 0 bridgehead atoms. The Labute approximate surface area is 68.2 Å².